The minimum Gasteiger partial charge on any atom is -0.379 e. The van der Waals surface area contributed by atoms with Gasteiger partial charge in [-0.2, -0.15) is 5.26 Å². The molecule has 1 aromatic rings. The Morgan fingerprint density at radius 2 is 2.38 bits per heavy atom. The quantitative estimate of drug-likeness (QED) is 0.840. The van der Waals surface area contributed by atoms with Crippen LogP contribution in [0.3, 0.4) is 0 Å². The highest BCUT2D eigenvalue weighted by molar-refractivity contribution is 5.44. The SMILES string of the molecule is COC1CCCC1Nc1ccc(C#N)nc1. The molecule has 2 unspecified atom stereocenters. The number of ether oxygens (including phenoxy) is 1. The van der Waals surface area contributed by atoms with Gasteiger partial charge in [0.15, 0.2) is 0 Å². The van der Waals surface area contributed by atoms with E-state index >= 15 is 0 Å². The molecule has 1 aliphatic rings. The summed E-state index contributed by atoms with van der Waals surface area (Å²) in [6, 6.07) is 5.97. The first kappa shape index (κ1) is 10.9. The Balaban J connectivity index is 2.00. The number of nitriles is 1. The number of anilines is 1. The number of nitrogens with one attached hydrogen (secondary N) is 1. The van der Waals surface area contributed by atoms with E-state index < -0.39 is 0 Å². The molecule has 84 valence electrons. The third-order valence-corrected chi connectivity index (χ3v) is 2.99. The van der Waals surface area contributed by atoms with Crippen LogP contribution in [0.1, 0.15) is 25.0 Å². The lowest BCUT2D eigenvalue weighted by molar-refractivity contribution is 0.101. The van der Waals surface area contributed by atoms with Crippen LogP contribution in [0.25, 0.3) is 0 Å². The van der Waals surface area contributed by atoms with E-state index in [0.717, 1.165) is 18.5 Å². The van der Waals surface area contributed by atoms with Crippen molar-refractivity contribution < 1.29 is 4.74 Å². The van der Waals surface area contributed by atoms with E-state index in [4.69, 9.17) is 10.00 Å². The highest BCUT2D eigenvalue weighted by Gasteiger charge is 2.26. The van der Waals surface area contributed by atoms with Gasteiger partial charge in [-0.3, -0.25) is 0 Å². The molecule has 1 aromatic heterocycles. The third kappa shape index (κ3) is 2.31. The summed E-state index contributed by atoms with van der Waals surface area (Å²) in [7, 11) is 1.75. The molecule has 1 saturated carbocycles. The van der Waals surface area contributed by atoms with Crippen LogP contribution in [-0.4, -0.2) is 24.2 Å². The van der Waals surface area contributed by atoms with Crippen molar-refractivity contribution in [1.29, 1.82) is 5.26 Å². The van der Waals surface area contributed by atoms with E-state index in [1.165, 1.54) is 6.42 Å². The largest absolute Gasteiger partial charge is 0.379 e. The first-order valence-corrected chi connectivity index (χ1v) is 5.49. The molecular weight excluding hydrogens is 202 g/mol. The van der Waals surface area contributed by atoms with Crippen molar-refractivity contribution in [1.82, 2.24) is 4.98 Å². The van der Waals surface area contributed by atoms with Crippen molar-refractivity contribution in [3.8, 4) is 6.07 Å². The summed E-state index contributed by atoms with van der Waals surface area (Å²) in [6.07, 6.45) is 5.41. The first-order chi connectivity index (χ1) is 7.83. The maximum absolute atomic E-state index is 8.64. The minimum atomic E-state index is 0.288. The molecule has 0 amide bonds. The minimum absolute atomic E-state index is 0.288. The molecule has 2 rings (SSSR count). The summed E-state index contributed by atoms with van der Waals surface area (Å²) in [5, 5.41) is 12.0. The van der Waals surface area contributed by atoms with Gasteiger partial charge in [-0.1, -0.05) is 0 Å². The Labute approximate surface area is 95.3 Å². The van der Waals surface area contributed by atoms with E-state index in [-0.39, 0.29) is 6.10 Å². The monoisotopic (exact) mass is 217 g/mol. The average Bonchev–Trinajstić information content (AvgIpc) is 2.77. The van der Waals surface area contributed by atoms with Gasteiger partial charge in [0.05, 0.1) is 24.0 Å². The second kappa shape index (κ2) is 4.95. The zero-order valence-electron chi connectivity index (χ0n) is 9.31. The summed E-state index contributed by atoms with van der Waals surface area (Å²) in [5.41, 5.74) is 1.40. The lowest BCUT2D eigenvalue weighted by Gasteiger charge is -2.20. The van der Waals surface area contributed by atoms with E-state index in [0.29, 0.717) is 11.7 Å². The second-order valence-electron chi connectivity index (χ2n) is 4.00. The van der Waals surface area contributed by atoms with Gasteiger partial charge in [-0.25, -0.2) is 4.98 Å². The lowest BCUT2D eigenvalue weighted by atomic mass is 10.2. The fourth-order valence-electron chi connectivity index (χ4n) is 2.13. The zero-order chi connectivity index (χ0) is 11.4. The van der Waals surface area contributed by atoms with Gasteiger partial charge >= 0.3 is 0 Å². The third-order valence-electron chi connectivity index (χ3n) is 2.99. The molecule has 4 heteroatoms. The molecule has 4 nitrogen and oxygen atoms in total. The highest BCUT2D eigenvalue weighted by atomic mass is 16.5. The number of aromatic nitrogens is 1. The molecule has 0 saturated heterocycles. The molecule has 0 aliphatic heterocycles. The lowest BCUT2D eigenvalue weighted by Crippen LogP contribution is -2.29. The van der Waals surface area contributed by atoms with Crippen LogP contribution in [0.2, 0.25) is 0 Å². The molecule has 0 radical (unpaired) electrons. The van der Waals surface area contributed by atoms with Crippen LogP contribution in [-0.2, 0) is 4.74 Å². The Morgan fingerprint density at radius 1 is 1.50 bits per heavy atom. The molecule has 1 fully saturated rings. The van der Waals surface area contributed by atoms with Gasteiger partial charge in [-0.15, -0.1) is 0 Å². The number of methoxy groups -OCH3 is 1. The Bertz CT molecular complexity index is 382. The standard InChI is InChI=1S/C12H15N3O/c1-16-12-4-2-3-11(12)15-10-6-5-9(7-13)14-8-10/h5-6,8,11-12,15H,2-4H2,1H3. The van der Waals surface area contributed by atoms with Gasteiger partial charge in [0.2, 0.25) is 0 Å². The number of hydrogen-bond acceptors (Lipinski definition) is 4. The fourth-order valence-corrected chi connectivity index (χ4v) is 2.13. The highest BCUT2D eigenvalue weighted by Crippen LogP contribution is 2.24. The normalized spacial score (nSPS) is 24.0. The van der Waals surface area contributed by atoms with Crippen LogP contribution in [0, 0.1) is 11.3 Å². The van der Waals surface area contributed by atoms with Crippen LogP contribution < -0.4 is 5.32 Å². The van der Waals surface area contributed by atoms with Crippen LogP contribution in [0.15, 0.2) is 18.3 Å². The van der Waals surface area contributed by atoms with E-state index in [1.54, 1.807) is 19.4 Å². The predicted octanol–water partition coefficient (Wildman–Crippen LogP) is 1.93. The molecule has 2 atom stereocenters. The van der Waals surface area contributed by atoms with Crippen molar-refractivity contribution in [2.45, 2.75) is 31.4 Å². The summed E-state index contributed by atoms with van der Waals surface area (Å²) in [5.74, 6) is 0. The smallest absolute Gasteiger partial charge is 0.140 e. The van der Waals surface area contributed by atoms with Crippen LogP contribution >= 0.6 is 0 Å². The van der Waals surface area contributed by atoms with Crippen molar-refractivity contribution in [2.75, 3.05) is 12.4 Å². The summed E-state index contributed by atoms with van der Waals surface area (Å²) >= 11 is 0. The Morgan fingerprint density at radius 3 is 3.00 bits per heavy atom. The van der Waals surface area contributed by atoms with E-state index in [1.807, 2.05) is 12.1 Å². The molecule has 1 N–H and O–H groups in total. The maximum Gasteiger partial charge on any atom is 0.140 e. The Kier molecular flexibility index (Phi) is 3.37. The topological polar surface area (TPSA) is 57.9 Å². The molecular formula is C12H15N3O. The average molecular weight is 217 g/mol. The number of hydrogen-bond donors (Lipinski definition) is 1. The van der Waals surface area contributed by atoms with E-state index in [2.05, 4.69) is 10.3 Å². The van der Waals surface area contributed by atoms with Gasteiger partial charge in [0, 0.05) is 7.11 Å². The van der Waals surface area contributed by atoms with E-state index in [9.17, 15) is 0 Å². The Hall–Kier alpha value is -1.60. The number of rotatable bonds is 3. The first-order valence-electron chi connectivity index (χ1n) is 5.49. The molecule has 0 aromatic carbocycles. The van der Waals surface area contributed by atoms with Gasteiger partial charge in [0.1, 0.15) is 11.8 Å². The van der Waals surface area contributed by atoms with Crippen molar-refractivity contribution in [3.63, 3.8) is 0 Å². The molecule has 1 aliphatic carbocycles. The predicted molar refractivity (Wildman–Crippen MR) is 61.0 cm³/mol. The van der Waals surface area contributed by atoms with Gasteiger partial charge in [0.25, 0.3) is 0 Å². The van der Waals surface area contributed by atoms with Crippen LogP contribution in [0.5, 0.6) is 0 Å². The fraction of sp³-hybridized carbons (Fsp3) is 0.500. The summed E-state index contributed by atoms with van der Waals surface area (Å²) in [4.78, 5) is 4.03. The maximum atomic E-state index is 8.64. The molecule has 0 spiro atoms. The molecule has 1 heterocycles. The summed E-state index contributed by atoms with van der Waals surface area (Å²) in [6.45, 7) is 0. The van der Waals surface area contributed by atoms with Crippen molar-refractivity contribution in [3.05, 3.63) is 24.0 Å². The van der Waals surface area contributed by atoms with Gasteiger partial charge in [-0.05, 0) is 31.4 Å². The van der Waals surface area contributed by atoms with Crippen molar-refractivity contribution >= 4 is 5.69 Å². The van der Waals surface area contributed by atoms with Crippen molar-refractivity contribution in [2.24, 2.45) is 0 Å². The second-order valence-corrected chi connectivity index (χ2v) is 4.00. The molecule has 16 heavy (non-hydrogen) atoms. The molecule has 0 bridgehead atoms. The zero-order valence-corrected chi connectivity index (χ0v) is 9.31. The number of pyridine rings is 1. The number of nitrogens with zero attached hydrogens (tertiary/aromatic N) is 2. The summed E-state index contributed by atoms with van der Waals surface area (Å²) < 4.78 is 5.41. The van der Waals surface area contributed by atoms with Gasteiger partial charge < -0.3 is 10.1 Å². The van der Waals surface area contributed by atoms with Crippen LogP contribution in [0.4, 0.5) is 5.69 Å².